The Kier molecular flexibility index (Phi) is 4.33. The van der Waals surface area contributed by atoms with Crippen LogP contribution in [-0.2, 0) is 6.54 Å². The third kappa shape index (κ3) is 3.31. The Balaban J connectivity index is 2.03. The second-order valence-electron chi connectivity index (χ2n) is 3.65. The van der Waals surface area contributed by atoms with Gasteiger partial charge >= 0.3 is 0 Å². The lowest BCUT2D eigenvalue weighted by Gasteiger charge is -2.06. The van der Waals surface area contributed by atoms with Gasteiger partial charge in [-0.2, -0.15) is 0 Å². The number of amides is 1. The summed E-state index contributed by atoms with van der Waals surface area (Å²) in [4.78, 5) is 15.7. The van der Waals surface area contributed by atoms with Crippen molar-refractivity contribution in [1.82, 2.24) is 10.3 Å². The molecule has 1 heterocycles. The minimum atomic E-state index is -0.229. The molecule has 0 spiro atoms. The van der Waals surface area contributed by atoms with E-state index >= 15 is 0 Å². The largest absolute Gasteiger partial charge is 0.348 e. The summed E-state index contributed by atoms with van der Waals surface area (Å²) in [6.07, 6.45) is 1.55. The fraction of sp³-hybridized carbons (Fsp3) is 0.0769. The van der Waals surface area contributed by atoms with Gasteiger partial charge in [-0.25, -0.2) is 4.98 Å². The summed E-state index contributed by atoms with van der Waals surface area (Å²) in [5.74, 6) is -0.229. The molecule has 0 aliphatic rings. The van der Waals surface area contributed by atoms with Crippen molar-refractivity contribution in [3.8, 4) is 0 Å². The van der Waals surface area contributed by atoms with Gasteiger partial charge in [0.15, 0.2) is 0 Å². The van der Waals surface area contributed by atoms with E-state index < -0.39 is 0 Å². The lowest BCUT2D eigenvalue weighted by Crippen LogP contribution is -2.23. The van der Waals surface area contributed by atoms with Gasteiger partial charge in [0.1, 0.15) is 5.15 Å². The molecule has 1 amide bonds. The Hall–Kier alpha value is -1.39. The van der Waals surface area contributed by atoms with Crippen LogP contribution in [0, 0.1) is 0 Å². The van der Waals surface area contributed by atoms with Crippen LogP contribution in [0.25, 0.3) is 0 Å². The fourth-order valence-electron chi connectivity index (χ4n) is 1.48. The maximum Gasteiger partial charge on any atom is 0.254 e. The summed E-state index contributed by atoms with van der Waals surface area (Å²) in [6, 6.07) is 11.1. The zero-order valence-corrected chi connectivity index (χ0v) is 11.7. The standard InChI is InChI=1S/C13H10BrClN2O/c14-10-4-1-3-9(7-10)8-17-13(18)11-5-2-6-16-12(11)15/h1-7H,8H2,(H,17,18). The van der Waals surface area contributed by atoms with E-state index in [1.54, 1.807) is 18.3 Å². The number of hydrogen-bond donors (Lipinski definition) is 1. The van der Waals surface area contributed by atoms with E-state index in [1.807, 2.05) is 24.3 Å². The summed E-state index contributed by atoms with van der Waals surface area (Å²) in [6.45, 7) is 0.448. The third-order valence-corrected chi connectivity index (χ3v) is 3.14. The highest BCUT2D eigenvalue weighted by Crippen LogP contribution is 2.13. The summed E-state index contributed by atoms with van der Waals surface area (Å²) >= 11 is 9.23. The van der Waals surface area contributed by atoms with Gasteiger partial charge in [-0.15, -0.1) is 0 Å². The van der Waals surface area contributed by atoms with Crippen molar-refractivity contribution in [2.24, 2.45) is 0 Å². The van der Waals surface area contributed by atoms with Crippen molar-refractivity contribution in [1.29, 1.82) is 0 Å². The minimum absolute atomic E-state index is 0.212. The van der Waals surface area contributed by atoms with Crippen molar-refractivity contribution >= 4 is 33.4 Å². The average Bonchev–Trinajstić information content (AvgIpc) is 2.37. The van der Waals surface area contributed by atoms with E-state index in [2.05, 4.69) is 26.2 Å². The first kappa shape index (κ1) is 13.1. The second-order valence-corrected chi connectivity index (χ2v) is 4.93. The molecule has 0 radical (unpaired) electrons. The van der Waals surface area contributed by atoms with Crippen LogP contribution >= 0.6 is 27.5 Å². The molecule has 1 aromatic carbocycles. The Bertz CT molecular complexity index is 574. The molecule has 2 rings (SSSR count). The number of benzene rings is 1. The summed E-state index contributed by atoms with van der Waals surface area (Å²) in [5, 5.41) is 3.01. The zero-order chi connectivity index (χ0) is 13.0. The number of rotatable bonds is 3. The molecule has 0 atom stereocenters. The van der Waals surface area contributed by atoms with E-state index in [0.717, 1.165) is 10.0 Å². The Morgan fingerprint density at radius 3 is 2.89 bits per heavy atom. The van der Waals surface area contributed by atoms with Gasteiger partial charge < -0.3 is 5.32 Å². The predicted molar refractivity (Wildman–Crippen MR) is 74.6 cm³/mol. The topological polar surface area (TPSA) is 42.0 Å². The molecule has 5 heteroatoms. The molecular weight excluding hydrogens is 316 g/mol. The number of nitrogens with zero attached hydrogens (tertiary/aromatic N) is 1. The first-order valence-corrected chi connectivity index (χ1v) is 6.47. The van der Waals surface area contributed by atoms with Crippen molar-refractivity contribution in [2.75, 3.05) is 0 Å². The van der Waals surface area contributed by atoms with Gasteiger partial charge in [0.2, 0.25) is 0 Å². The summed E-state index contributed by atoms with van der Waals surface area (Å²) in [5.41, 5.74) is 1.40. The van der Waals surface area contributed by atoms with Gasteiger partial charge in [-0.1, -0.05) is 39.7 Å². The molecule has 2 aromatic rings. The van der Waals surface area contributed by atoms with Crippen molar-refractivity contribution in [3.05, 3.63) is 63.3 Å². The van der Waals surface area contributed by atoms with E-state index in [4.69, 9.17) is 11.6 Å². The number of aromatic nitrogens is 1. The molecular formula is C13H10BrClN2O. The highest BCUT2D eigenvalue weighted by Gasteiger charge is 2.09. The van der Waals surface area contributed by atoms with Crippen LogP contribution in [-0.4, -0.2) is 10.9 Å². The molecule has 0 bridgehead atoms. The lowest BCUT2D eigenvalue weighted by atomic mass is 10.2. The van der Waals surface area contributed by atoms with E-state index in [1.165, 1.54) is 0 Å². The van der Waals surface area contributed by atoms with Crippen LogP contribution < -0.4 is 5.32 Å². The molecule has 0 aliphatic carbocycles. The third-order valence-electron chi connectivity index (χ3n) is 2.35. The monoisotopic (exact) mass is 324 g/mol. The number of nitrogens with one attached hydrogen (secondary N) is 1. The first-order chi connectivity index (χ1) is 8.66. The lowest BCUT2D eigenvalue weighted by molar-refractivity contribution is 0.0950. The normalized spacial score (nSPS) is 10.1. The molecule has 18 heavy (non-hydrogen) atoms. The molecule has 0 fully saturated rings. The molecule has 92 valence electrons. The van der Waals surface area contributed by atoms with Crippen molar-refractivity contribution in [3.63, 3.8) is 0 Å². The Morgan fingerprint density at radius 1 is 1.33 bits per heavy atom. The van der Waals surface area contributed by atoms with Gasteiger partial charge in [0.05, 0.1) is 5.56 Å². The Labute approximate surface area is 118 Å². The highest BCUT2D eigenvalue weighted by molar-refractivity contribution is 9.10. The van der Waals surface area contributed by atoms with Crippen LogP contribution in [0.1, 0.15) is 15.9 Å². The number of hydrogen-bond acceptors (Lipinski definition) is 2. The minimum Gasteiger partial charge on any atom is -0.348 e. The van der Waals surface area contributed by atoms with Crippen LogP contribution in [0.15, 0.2) is 47.1 Å². The predicted octanol–water partition coefficient (Wildman–Crippen LogP) is 3.43. The number of halogens is 2. The van der Waals surface area contributed by atoms with Crippen LogP contribution in [0.3, 0.4) is 0 Å². The number of carbonyl (C=O) groups excluding carboxylic acids is 1. The van der Waals surface area contributed by atoms with Crippen molar-refractivity contribution < 1.29 is 4.79 Å². The summed E-state index contributed by atoms with van der Waals surface area (Å²) < 4.78 is 0.980. The SMILES string of the molecule is O=C(NCc1cccc(Br)c1)c1cccnc1Cl. The second kappa shape index (κ2) is 5.98. The van der Waals surface area contributed by atoms with Crippen LogP contribution in [0.2, 0.25) is 5.15 Å². The average molecular weight is 326 g/mol. The molecule has 0 aliphatic heterocycles. The molecule has 1 N–H and O–H groups in total. The van der Waals surface area contributed by atoms with Gasteiger partial charge in [-0.3, -0.25) is 4.79 Å². The number of carbonyl (C=O) groups is 1. The number of pyridine rings is 1. The molecule has 3 nitrogen and oxygen atoms in total. The van der Waals surface area contributed by atoms with E-state index in [9.17, 15) is 4.79 Å². The Morgan fingerprint density at radius 2 is 2.17 bits per heavy atom. The van der Waals surface area contributed by atoms with E-state index in [-0.39, 0.29) is 11.1 Å². The molecule has 0 unspecified atom stereocenters. The smallest absolute Gasteiger partial charge is 0.254 e. The fourth-order valence-corrected chi connectivity index (χ4v) is 2.13. The molecule has 0 saturated carbocycles. The van der Waals surface area contributed by atoms with Gasteiger partial charge in [-0.05, 0) is 29.8 Å². The molecule has 1 aromatic heterocycles. The summed E-state index contributed by atoms with van der Waals surface area (Å²) in [7, 11) is 0. The first-order valence-electron chi connectivity index (χ1n) is 5.30. The molecule has 0 saturated heterocycles. The highest BCUT2D eigenvalue weighted by atomic mass is 79.9. The quantitative estimate of drug-likeness (QED) is 0.879. The van der Waals surface area contributed by atoms with E-state index in [0.29, 0.717) is 12.1 Å². The maximum absolute atomic E-state index is 11.9. The maximum atomic E-state index is 11.9. The zero-order valence-electron chi connectivity index (χ0n) is 9.36. The van der Waals surface area contributed by atoms with Gasteiger partial charge in [0, 0.05) is 17.2 Å². The van der Waals surface area contributed by atoms with Crippen LogP contribution in [0.5, 0.6) is 0 Å². The van der Waals surface area contributed by atoms with Gasteiger partial charge in [0.25, 0.3) is 5.91 Å². The van der Waals surface area contributed by atoms with Crippen LogP contribution in [0.4, 0.5) is 0 Å². The van der Waals surface area contributed by atoms with Crippen molar-refractivity contribution in [2.45, 2.75) is 6.54 Å².